The number of hydrogen-bond donors (Lipinski definition) is 2. The summed E-state index contributed by atoms with van der Waals surface area (Å²) in [5.41, 5.74) is 6.26. The van der Waals surface area contributed by atoms with Crippen molar-refractivity contribution in [2.75, 3.05) is 13.6 Å². The third-order valence-corrected chi connectivity index (χ3v) is 3.36. The number of amides is 3. The monoisotopic (exact) mass is 277 g/mol. The van der Waals surface area contributed by atoms with Gasteiger partial charge in [-0.3, -0.25) is 15.0 Å². The lowest BCUT2D eigenvalue weighted by molar-refractivity contribution is -0.124. The van der Waals surface area contributed by atoms with Crippen molar-refractivity contribution in [2.24, 2.45) is 5.73 Å². The Morgan fingerprint density at radius 1 is 1.25 bits per heavy atom. The number of likely N-dealkylation sites (N-methyl/N-ethyl adjacent to an activating group) is 1. The van der Waals surface area contributed by atoms with Crippen molar-refractivity contribution in [3.8, 4) is 0 Å². The molecule has 20 heavy (non-hydrogen) atoms. The summed E-state index contributed by atoms with van der Waals surface area (Å²) in [5.74, 6) is -0.358. The molecule has 0 saturated carbocycles. The van der Waals surface area contributed by atoms with Crippen molar-refractivity contribution in [2.45, 2.75) is 32.2 Å². The molecular weight excluding hydrogens is 254 g/mol. The maximum absolute atomic E-state index is 11.6. The van der Waals surface area contributed by atoms with Gasteiger partial charge in [0.25, 0.3) is 0 Å². The lowest BCUT2D eigenvalue weighted by Gasteiger charge is -2.23. The van der Waals surface area contributed by atoms with Crippen LogP contribution in [0.3, 0.4) is 0 Å². The highest BCUT2D eigenvalue weighted by Crippen LogP contribution is 2.06. The number of primary amides is 1. The van der Waals surface area contributed by atoms with Crippen LogP contribution in [0.1, 0.15) is 25.3 Å². The van der Waals surface area contributed by atoms with E-state index in [9.17, 15) is 9.59 Å². The number of nitrogens with one attached hydrogen (secondary N) is 1. The van der Waals surface area contributed by atoms with E-state index < -0.39 is 6.03 Å². The number of benzene rings is 1. The molecule has 0 saturated heterocycles. The van der Waals surface area contributed by atoms with Crippen molar-refractivity contribution >= 4 is 11.9 Å². The summed E-state index contributed by atoms with van der Waals surface area (Å²) in [6.45, 7) is 2.57. The fourth-order valence-corrected chi connectivity index (χ4v) is 1.95. The van der Waals surface area contributed by atoms with Gasteiger partial charge in [0, 0.05) is 0 Å². The van der Waals surface area contributed by atoms with Crippen LogP contribution < -0.4 is 11.1 Å². The minimum atomic E-state index is -0.806. The van der Waals surface area contributed by atoms with Crippen LogP contribution in [-0.2, 0) is 11.2 Å². The lowest BCUT2D eigenvalue weighted by Crippen LogP contribution is -2.47. The standard InChI is InChI=1S/C15H23N3O2/c1-12(14(19)17-15(16)20)18(2)11-7-6-10-13-8-4-3-5-9-13/h3-5,8-9,12H,6-7,10-11H2,1-2H3,(H3,16,17,19,20)/t12-/m1/s1. The van der Waals surface area contributed by atoms with E-state index >= 15 is 0 Å². The molecule has 0 radical (unpaired) electrons. The van der Waals surface area contributed by atoms with E-state index in [1.54, 1.807) is 6.92 Å². The summed E-state index contributed by atoms with van der Waals surface area (Å²) >= 11 is 0. The molecule has 0 aliphatic rings. The number of imide groups is 1. The number of aryl methyl sites for hydroxylation is 1. The van der Waals surface area contributed by atoms with Gasteiger partial charge in [0.2, 0.25) is 5.91 Å². The number of nitrogens with zero attached hydrogens (tertiary/aromatic N) is 1. The molecule has 0 aliphatic heterocycles. The van der Waals surface area contributed by atoms with Crippen molar-refractivity contribution in [1.29, 1.82) is 0 Å². The SMILES string of the molecule is C[C@H](C(=O)NC(N)=O)N(C)CCCCc1ccccc1. The molecule has 1 rings (SSSR count). The third-order valence-electron chi connectivity index (χ3n) is 3.36. The third kappa shape index (κ3) is 5.84. The van der Waals surface area contributed by atoms with E-state index in [1.807, 2.05) is 30.1 Å². The second-order valence-electron chi connectivity index (χ2n) is 4.95. The predicted molar refractivity (Wildman–Crippen MR) is 79.2 cm³/mol. The van der Waals surface area contributed by atoms with Crippen LogP contribution in [0.15, 0.2) is 30.3 Å². The Morgan fingerprint density at radius 2 is 1.90 bits per heavy atom. The van der Waals surface area contributed by atoms with Gasteiger partial charge < -0.3 is 5.73 Å². The number of nitrogens with two attached hydrogens (primary N) is 1. The van der Waals surface area contributed by atoms with Crippen LogP contribution in [0, 0.1) is 0 Å². The van der Waals surface area contributed by atoms with E-state index in [0.717, 1.165) is 25.8 Å². The molecule has 0 unspecified atom stereocenters. The Balaban J connectivity index is 2.24. The summed E-state index contributed by atoms with van der Waals surface area (Å²) in [5, 5.41) is 2.10. The van der Waals surface area contributed by atoms with Gasteiger partial charge in [0.15, 0.2) is 0 Å². The number of unbranched alkanes of at least 4 members (excludes halogenated alkanes) is 1. The maximum atomic E-state index is 11.6. The molecule has 0 aliphatic carbocycles. The van der Waals surface area contributed by atoms with E-state index in [0.29, 0.717) is 0 Å². The Kier molecular flexibility index (Phi) is 6.73. The Morgan fingerprint density at radius 3 is 2.50 bits per heavy atom. The number of rotatable bonds is 7. The van der Waals surface area contributed by atoms with Crippen LogP contribution in [0.25, 0.3) is 0 Å². The van der Waals surface area contributed by atoms with Gasteiger partial charge in [-0.05, 0) is 45.3 Å². The molecular formula is C15H23N3O2. The summed E-state index contributed by atoms with van der Waals surface area (Å²) in [6.07, 6.45) is 3.11. The smallest absolute Gasteiger partial charge is 0.318 e. The van der Waals surface area contributed by atoms with Crippen molar-refractivity contribution in [1.82, 2.24) is 10.2 Å². The van der Waals surface area contributed by atoms with E-state index in [1.165, 1.54) is 5.56 Å². The first-order valence-corrected chi connectivity index (χ1v) is 6.85. The van der Waals surface area contributed by atoms with Crippen molar-refractivity contribution in [3.63, 3.8) is 0 Å². The lowest BCUT2D eigenvalue weighted by atomic mass is 10.1. The molecule has 0 heterocycles. The molecule has 1 aromatic rings. The Labute approximate surface area is 120 Å². The highest BCUT2D eigenvalue weighted by molar-refractivity contribution is 5.96. The number of urea groups is 1. The van der Waals surface area contributed by atoms with E-state index in [-0.39, 0.29) is 11.9 Å². The average Bonchev–Trinajstić information content (AvgIpc) is 2.43. The van der Waals surface area contributed by atoms with E-state index in [4.69, 9.17) is 5.73 Å². The minimum Gasteiger partial charge on any atom is -0.351 e. The summed E-state index contributed by atoms with van der Waals surface area (Å²) in [7, 11) is 1.87. The zero-order valence-corrected chi connectivity index (χ0v) is 12.1. The minimum absolute atomic E-state index is 0.358. The predicted octanol–water partition coefficient (Wildman–Crippen LogP) is 1.52. The van der Waals surface area contributed by atoms with Gasteiger partial charge in [-0.15, -0.1) is 0 Å². The van der Waals surface area contributed by atoms with Gasteiger partial charge in [-0.1, -0.05) is 30.3 Å². The van der Waals surface area contributed by atoms with Crippen molar-refractivity contribution < 1.29 is 9.59 Å². The summed E-state index contributed by atoms with van der Waals surface area (Å²) < 4.78 is 0. The van der Waals surface area contributed by atoms with Crippen LogP contribution in [0.2, 0.25) is 0 Å². The van der Waals surface area contributed by atoms with Gasteiger partial charge in [-0.25, -0.2) is 4.79 Å². The van der Waals surface area contributed by atoms with Gasteiger partial charge in [0.1, 0.15) is 0 Å². The first-order chi connectivity index (χ1) is 9.50. The molecule has 5 nitrogen and oxygen atoms in total. The van der Waals surface area contributed by atoms with Gasteiger partial charge >= 0.3 is 6.03 Å². The average molecular weight is 277 g/mol. The Bertz CT molecular complexity index is 434. The normalized spacial score (nSPS) is 12.2. The molecule has 0 bridgehead atoms. The highest BCUT2D eigenvalue weighted by atomic mass is 16.2. The fourth-order valence-electron chi connectivity index (χ4n) is 1.95. The van der Waals surface area contributed by atoms with Gasteiger partial charge in [-0.2, -0.15) is 0 Å². The zero-order chi connectivity index (χ0) is 15.0. The first-order valence-electron chi connectivity index (χ1n) is 6.85. The molecule has 1 atom stereocenters. The van der Waals surface area contributed by atoms with Crippen LogP contribution in [0.5, 0.6) is 0 Å². The van der Waals surface area contributed by atoms with E-state index in [2.05, 4.69) is 17.4 Å². The summed E-state index contributed by atoms with van der Waals surface area (Å²) in [6, 6.07) is 9.16. The number of carbonyl (C=O) groups is 2. The maximum Gasteiger partial charge on any atom is 0.318 e. The van der Waals surface area contributed by atoms with Crippen LogP contribution >= 0.6 is 0 Å². The number of carbonyl (C=O) groups excluding carboxylic acids is 2. The quantitative estimate of drug-likeness (QED) is 0.742. The molecule has 0 aromatic heterocycles. The van der Waals surface area contributed by atoms with Crippen LogP contribution in [-0.4, -0.2) is 36.5 Å². The molecule has 3 N–H and O–H groups in total. The van der Waals surface area contributed by atoms with Gasteiger partial charge in [0.05, 0.1) is 6.04 Å². The molecule has 3 amide bonds. The molecule has 110 valence electrons. The molecule has 0 spiro atoms. The topological polar surface area (TPSA) is 75.4 Å². The number of hydrogen-bond acceptors (Lipinski definition) is 3. The second kappa shape index (κ2) is 8.32. The summed E-state index contributed by atoms with van der Waals surface area (Å²) in [4.78, 5) is 24.1. The second-order valence-corrected chi connectivity index (χ2v) is 4.95. The first kappa shape index (κ1) is 16.2. The molecule has 5 heteroatoms. The molecule has 0 fully saturated rings. The van der Waals surface area contributed by atoms with Crippen LogP contribution in [0.4, 0.5) is 4.79 Å². The zero-order valence-electron chi connectivity index (χ0n) is 12.1. The highest BCUT2D eigenvalue weighted by Gasteiger charge is 2.18. The largest absolute Gasteiger partial charge is 0.351 e. The molecule has 1 aromatic carbocycles. The van der Waals surface area contributed by atoms with Crippen molar-refractivity contribution in [3.05, 3.63) is 35.9 Å². The fraction of sp³-hybridized carbons (Fsp3) is 0.467. The Hall–Kier alpha value is -1.88.